The van der Waals surface area contributed by atoms with E-state index in [1.807, 2.05) is 13.0 Å². The molecule has 8 heteroatoms. The Morgan fingerprint density at radius 3 is 2.37 bits per heavy atom. The summed E-state index contributed by atoms with van der Waals surface area (Å²) in [4.78, 5) is 6.55. The Morgan fingerprint density at radius 2 is 1.81 bits per heavy atom. The van der Waals surface area contributed by atoms with Gasteiger partial charge in [0.1, 0.15) is 9.84 Å². The number of hydrogen-bond acceptors (Lipinski definition) is 4. The van der Waals surface area contributed by atoms with Crippen molar-refractivity contribution in [2.24, 2.45) is 4.99 Å². The van der Waals surface area contributed by atoms with E-state index in [9.17, 15) is 8.42 Å². The molecule has 156 valence electrons. The lowest BCUT2D eigenvalue weighted by Gasteiger charge is -2.25. The van der Waals surface area contributed by atoms with Crippen molar-refractivity contribution in [1.82, 2.24) is 15.5 Å². The first-order valence-corrected chi connectivity index (χ1v) is 11.2. The van der Waals surface area contributed by atoms with Gasteiger partial charge in [-0.1, -0.05) is 30.3 Å². The quantitative estimate of drug-likeness (QED) is 0.288. The summed E-state index contributed by atoms with van der Waals surface area (Å²) in [6.07, 6.45) is 2.82. The maximum atomic E-state index is 11.3. The van der Waals surface area contributed by atoms with Gasteiger partial charge in [-0.2, -0.15) is 0 Å². The second kappa shape index (κ2) is 13.3. The molecule has 6 nitrogen and oxygen atoms in total. The molecule has 0 heterocycles. The number of benzene rings is 1. The number of guanidine groups is 1. The van der Waals surface area contributed by atoms with Crippen molar-refractivity contribution in [3.63, 3.8) is 0 Å². The van der Waals surface area contributed by atoms with Crippen molar-refractivity contribution in [1.29, 1.82) is 0 Å². The highest BCUT2D eigenvalue weighted by molar-refractivity contribution is 14.0. The summed E-state index contributed by atoms with van der Waals surface area (Å²) < 4.78 is 22.5. The minimum atomic E-state index is -2.93. The van der Waals surface area contributed by atoms with Crippen LogP contribution >= 0.6 is 24.0 Å². The monoisotopic (exact) mass is 510 g/mol. The van der Waals surface area contributed by atoms with Gasteiger partial charge in [-0.05, 0) is 39.3 Å². The van der Waals surface area contributed by atoms with Crippen LogP contribution in [0, 0.1) is 0 Å². The van der Waals surface area contributed by atoms with E-state index in [0.29, 0.717) is 18.4 Å². The first-order chi connectivity index (χ1) is 12.2. The lowest BCUT2D eigenvalue weighted by molar-refractivity contribution is 0.238. The van der Waals surface area contributed by atoms with Crippen LogP contribution in [-0.2, 0) is 16.4 Å². The van der Waals surface area contributed by atoms with Crippen LogP contribution < -0.4 is 10.6 Å². The highest BCUT2D eigenvalue weighted by atomic mass is 127. The maximum Gasteiger partial charge on any atom is 0.191 e. The minimum absolute atomic E-state index is 0. The number of nitrogens with zero attached hydrogens (tertiary/aromatic N) is 2. The third kappa shape index (κ3) is 12.2. The Bertz CT molecular complexity index is 653. The summed E-state index contributed by atoms with van der Waals surface area (Å²) in [6.45, 7) is 5.92. The van der Waals surface area contributed by atoms with E-state index in [1.165, 1.54) is 11.8 Å². The zero-order chi connectivity index (χ0) is 19.6. The van der Waals surface area contributed by atoms with Gasteiger partial charge in [0, 0.05) is 38.5 Å². The maximum absolute atomic E-state index is 11.3. The molecule has 27 heavy (non-hydrogen) atoms. The fourth-order valence-electron chi connectivity index (χ4n) is 2.54. The van der Waals surface area contributed by atoms with Gasteiger partial charge < -0.3 is 10.6 Å². The molecule has 1 aromatic carbocycles. The van der Waals surface area contributed by atoms with E-state index in [4.69, 9.17) is 0 Å². The summed E-state index contributed by atoms with van der Waals surface area (Å²) in [7, 11) is 0.932. The molecule has 2 N–H and O–H groups in total. The van der Waals surface area contributed by atoms with Gasteiger partial charge in [0.25, 0.3) is 0 Å². The molecule has 0 saturated carbocycles. The molecule has 0 fully saturated rings. The Kier molecular flexibility index (Phi) is 12.9. The molecule has 0 spiro atoms. The summed E-state index contributed by atoms with van der Waals surface area (Å²) in [5.74, 6) is 0.892. The molecular formula is C19H35IN4O2S. The average Bonchev–Trinajstić information content (AvgIpc) is 2.59. The first-order valence-electron chi connectivity index (χ1n) is 9.10. The lowest BCUT2D eigenvalue weighted by atomic mass is 10.1. The van der Waals surface area contributed by atoms with Crippen LogP contribution in [0.1, 0.15) is 32.3 Å². The van der Waals surface area contributed by atoms with Gasteiger partial charge in [0.15, 0.2) is 5.96 Å². The predicted octanol–water partition coefficient (Wildman–Crippen LogP) is 2.50. The second-order valence-corrected chi connectivity index (χ2v) is 9.26. The molecule has 0 saturated heterocycles. The van der Waals surface area contributed by atoms with Crippen LogP contribution in [0.15, 0.2) is 35.3 Å². The summed E-state index contributed by atoms with van der Waals surface area (Å²) in [6, 6.07) is 10.9. The van der Waals surface area contributed by atoms with E-state index < -0.39 is 9.84 Å². The van der Waals surface area contributed by atoms with Crippen molar-refractivity contribution in [3.05, 3.63) is 35.9 Å². The third-order valence-corrected chi connectivity index (χ3v) is 5.39. The second-order valence-electron chi connectivity index (χ2n) is 7.00. The molecule has 2 atom stereocenters. The zero-order valence-corrected chi connectivity index (χ0v) is 20.3. The molecule has 0 aliphatic heterocycles. The molecule has 0 aromatic heterocycles. The first kappa shape index (κ1) is 26.1. The molecule has 0 radical (unpaired) electrons. The highest BCUT2D eigenvalue weighted by Crippen LogP contribution is 2.07. The standard InChI is InChI=1S/C19H34N4O2S.HI/c1-16(12-14-26(5,24)25)22-19(20-3)21-13-11-17(2)23(4)15-18-9-7-6-8-10-18;/h6-10,16-17H,11-15H2,1-5H3,(H2,20,21,22);1H. The normalized spacial score (nSPS) is 14.4. The van der Waals surface area contributed by atoms with Crippen molar-refractivity contribution in [2.45, 2.75) is 45.3 Å². The van der Waals surface area contributed by atoms with Gasteiger partial charge in [-0.3, -0.25) is 9.89 Å². The van der Waals surface area contributed by atoms with E-state index in [2.05, 4.69) is 58.8 Å². The van der Waals surface area contributed by atoms with Gasteiger partial charge in [-0.25, -0.2) is 8.42 Å². The van der Waals surface area contributed by atoms with Crippen molar-refractivity contribution < 1.29 is 8.42 Å². The summed E-state index contributed by atoms with van der Waals surface area (Å²) in [5, 5.41) is 6.55. The minimum Gasteiger partial charge on any atom is -0.356 e. The number of hydrogen-bond donors (Lipinski definition) is 2. The Hall–Kier alpha value is -0.870. The van der Waals surface area contributed by atoms with E-state index >= 15 is 0 Å². The average molecular weight is 510 g/mol. The lowest BCUT2D eigenvalue weighted by Crippen LogP contribution is -2.44. The summed E-state index contributed by atoms with van der Waals surface area (Å²) >= 11 is 0. The highest BCUT2D eigenvalue weighted by Gasteiger charge is 2.11. The van der Waals surface area contributed by atoms with Crippen molar-refractivity contribution in [3.8, 4) is 0 Å². The van der Waals surface area contributed by atoms with Crippen molar-refractivity contribution in [2.75, 3.05) is 32.6 Å². The fourth-order valence-corrected chi connectivity index (χ4v) is 3.32. The largest absolute Gasteiger partial charge is 0.356 e. The number of sulfone groups is 1. The number of rotatable bonds is 10. The summed E-state index contributed by atoms with van der Waals surface area (Å²) in [5.41, 5.74) is 1.31. The number of halogens is 1. The van der Waals surface area contributed by atoms with Crippen molar-refractivity contribution >= 4 is 39.8 Å². The molecule has 0 amide bonds. The van der Waals surface area contributed by atoms with Crippen LogP contribution in [0.2, 0.25) is 0 Å². The third-order valence-electron chi connectivity index (χ3n) is 4.41. The van der Waals surface area contributed by atoms with Gasteiger partial charge in [0.2, 0.25) is 0 Å². The number of nitrogens with one attached hydrogen (secondary N) is 2. The topological polar surface area (TPSA) is 73.8 Å². The molecule has 1 rings (SSSR count). The van der Waals surface area contributed by atoms with E-state index in [-0.39, 0.29) is 35.8 Å². The molecule has 1 aromatic rings. The molecular weight excluding hydrogens is 475 g/mol. The van der Waals surface area contributed by atoms with Gasteiger partial charge in [0.05, 0.1) is 5.75 Å². The molecule has 0 aliphatic carbocycles. The molecule has 2 unspecified atom stereocenters. The smallest absolute Gasteiger partial charge is 0.191 e. The molecule has 0 bridgehead atoms. The Balaban J connectivity index is 0.00000676. The van der Waals surface area contributed by atoms with Crippen LogP contribution in [0.25, 0.3) is 0 Å². The zero-order valence-electron chi connectivity index (χ0n) is 17.1. The fraction of sp³-hybridized carbons (Fsp3) is 0.632. The number of aliphatic imine (C=N–C) groups is 1. The predicted molar refractivity (Wildman–Crippen MR) is 126 cm³/mol. The van der Waals surface area contributed by atoms with Gasteiger partial charge in [-0.15, -0.1) is 24.0 Å². The van der Waals surface area contributed by atoms with Crippen LogP contribution in [0.5, 0.6) is 0 Å². The van der Waals surface area contributed by atoms with Crippen LogP contribution in [0.3, 0.4) is 0 Å². The van der Waals surface area contributed by atoms with Gasteiger partial charge >= 0.3 is 0 Å². The van der Waals surface area contributed by atoms with Crippen LogP contribution in [-0.4, -0.2) is 64.0 Å². The van der Waals surface area contributed by atoms with E-state index in [1.54, 1.807) is 7.05 Å². The molecule has 0 aliphatic rings. The SMILES string of the molecule is CN=C(NCCC(C)N(C)Cc1ccccc1)NC(C)CCS(C)(=O)=O.I. The Labute approximate surface area is 182 Å². The van der Waals surface area contributed by atoms with E-state index in [0.717, 1.165) is 19.5 Å². The Morgan fingerprint density at radius 1 is 1.19 bits per heavy atom. The van der Waals surface area contributed by atoms with Crippen LogP contribution in [0.4, 0.5) is 0 Å².